The van der Waals surface area contributed by atoms with Gasteiger partial charge in [0.25, 0.3) is 0 Å². The summed E-state index contributed by atoms with van der Waals surface area (Å²) in [5.41, 5.74) is 4.08. The van der Waals surface area contributed by atoms with Crippen molar-refractivity contribution in [3.63, 3.8) is 0 Å². The number of carbonyl (C=O) groups is 1. The highest BCUT2D eigenvalue weighted by atomic mass is 16.5. The van der Waals surface area contributed by atoms with E-state index in [-0.39, 0.29) is 12.5 Å². The number of carbonyl (C=O) groups excluding carboxylic acids is 1. The highest BCUT2D eigenvalue weighted by Crippen LogP contribution is 2.26. The zero-order chi connectivity index (χ0) is 18.4. The first-order chi connectivity index (χ1) is 11.9. The molecular weight excluding hydrogens is 316 g/mol. The largest absolute Gasteiger partial charge is 0.497 e. The Morgan fingerprint density at radius 1 is 0.960 bits per heavy atom. The lowest BCUT2D eigenvalue weighted by atomic mass is 10.1. The van der Waals surface area contributed by atoms with Gasteiger partial charge in [0.15, 0.2) is 0 Å². The number of amides is 1. The van der Waals surface area contributed by atoms with Crippen LogP contribution in [-0.2, 0) is 4.79 Å². The fraction of sp³-hybridized carbons (Fsp3) is 0.350. The van der Waals surface area contributed by atoms with E-state index in [1.54, 1.807) is 32.4 Å². The molecule has 0 atom stereocenters. The van der Waals surface area contributed by atoms with Gasteiger partial charge < -0.3 is 19.7 Å². The number of nitrogens with zero attached hydrogens (tertiary/aromatic N) is 1. The number of benzene rings is 2. The number of rotatable bonds is 7. The molecule has 0 fully saturated rings. The lowest BCUT2D eigenvalue weighted by Crippen LogP contribution is -2.33. The van der Waals surface area contributed by atoms with E-state index in [9.17, 15) is 4.79 Å². The third-order valence-corrected chi connectivity index (χ3v) is 3.92. The van der Waals surface area contributed by atoms with Crippen LogP contribution in [0.25, 0.3) is 0 Å². The first-order valence-corrected chi connectivity index (χ1v) is 8.31. The Labute approximate surface area is 149 Å². The Hall–Kier alpha value is -2.69. The van der Waals surface area contributed by atoms with Gasteiger partial charge in [-0.1, -0.05) is 6.07 Å². The van der Waals surface area contributed by atoms with Crippen LogP contribution in [0.4, 0.5) is 11.4 Å². The van der Waals surface area contributed by atoms with Crippen LogP contribution in [0.15, 0.2) is 36.4 Å². The summed E-state index contributed by atoms with van der Waals surface area (Å²) in [5.74, 6) is 1.18. The summed E-state index contributed by atoms with van der Waals surface area (Å²) in [4.78, 5) is 14.5. The Kier molecular flexibility index (Phi) is 6.28. The average molecular weight is 342 g/mol. The van der Waals surface area contributed by atoms with Gasteiger partial charge in [0, 0.05) is 36.1 Å². The van der Waals surface area contributed by atoms with Crippen molar-refractivity contribution in [2.45, 2.75) is 20.8 Å². The quantitative estimate of drug-likeness (QED) is 0.832. The van der Waals surface area contributed by atoms with E-state index in [0.29, 0.717) is 17.2 Å². The number of ether oxygens (including phenoxy) is 2. The predicted octanol–water partition coefficient (Wildman–Crippen LogP) is 3.79. The van der Waals surface area contributed by atoms with Gasteiger partial charge in [-0.25, -0.2) is 0 Å². The van der Waals surface area contributed by atoms with Crippen molar-refractivity contribution in [2.24, 2.45) is 0 Å². The molecular formula is C20H26N2O3. The number of hydrogen-bond donors (Lipinski definition) is 1. The lowest BCUT2D eigenvalue weighted by Gasteiger charge is -2.23. The smallest absolute Gasteiger partial charge is 0.243 e. The summed E-state index contributed by atoms with van der Waals surface area (Å²) in [7, 11) is 3.17. The van der Waals surface area contributed by atoms with Crippen molar-refractivity contribution in [1.29, 1.82) is 0 Å². The molecule has 0 spiro atoms. The maximum absolute atomic E-state index is 12.5. The summed E-state index contributed by atoms with van der Waals surface area (Å²) in [5, 5.41) is 2.91. The molecule has 5 nitrogen and oxygen atoms in total. The van der Waals surface area contributed by atoms with Gasteiger partial charge in [-0.2, -0.15) is 0 Å². The van der Waals surface area contributed by atoms with E-state index >= 15 is 0 Å². The van der Waals surface area contributed by atoms with Crippen LogP contribution in [0.3, 0.4) is 0 Å². The van der Waals surface area contributed by atoms with Crippen molar-refractivity contribution in [3.8, 4) is 11.5 Å². The number of anilines is 2. The standard InChI is InChI=1S/C20H26N2O3/c1-6-22(17-8-14(2)7-15(3)9-17)13-20(23)21-16-10-18(24-4)12-19(11-16)25-5/h7-12H,6,13H2,1-5H3,(H,21,23). The summed E-state index contributed by atoms with van der Waals surface area (Å²) in [6, 6.07) is 11.6. The SMILES string of the molecule is CCN(CC(=O)Nc1cc(OC)cc(OC)c1)c1cc(C)cc(C)c1. The van der Waals surface area contributed by atoms with E-state index in [0.717, 1.165) is 12.2 Å². The molecule has 5 heteroatoms. The fourth-order valence-corrected chi connectivity index (χ4v) is 2.77. The number of hydrogen-bond acceptors (Lipinski definition) is 4. The summed E-state index contributed by atoms with van der Waals surface area (Å²) in [6.07, 6.45) is 0. The van der Waals surface area contributed by atoms with Crippen LogP contribution in [0.1, 0.15) is 18.1 Å². The molecule has 0 aromatic heterocycles. The molecule has 0 bridgehead atoms. The van der Waals surface area contributed by atoms with Crippen molar-refractivity contribution < 1.29 is 14.3 Å². The third-order valence-electron chi connectivity index (χ3n) is 3.92. The highest BCUT2D eigenvalue weighted by Gasteiger charge is 2.12. The molecule has 0 aliphatic carbocycles. The van der Waals surface area contributed by atoms with Gasteiger partial charge in [-0.15, -0.1) is 0 Å². The molecule has 2 aromatic carbocycles. The number of likely N-dealkylation sites (N-methyl/N-ethyl adjacent to an activating group) is 1. The predicted molar refractivity (Wildman–Crippen MR) is 102 cm³/mol. The summed E-state index contributed by atoms with van der Waals surface area (Å²) in [6.45, 7) is 7.19. The van der Waals surface area contributed by atoms with Crippen molar-refractivity contribution in [1.82, 2.24) is 0 Å². The van der Waals surface area contributed by atoms with E-state index in [2.05, 4.69) is 37.4 Å². The van der Waals surface area contributed by atoms with Crippen LogP contribution in [0, 0.1) is 13.8 Å². The minimum atomic E-state index is -0.0867. The lowest BCUT2D eigenvalue weighted by molar-refractivity contribution is -0.115. The third kappa shape index (κ3) is 5.14. The number of nitrogens with one attached hydrogen (secondary N) is 1. The fourth-order valence-electron chi connectivity index (χ4n) is 2.77. The second kappa shape index (κ2) is 8.42. The Bertz CT molecular complexity index is 701. The van der Waals surface area contributed by atoms with E-state index in [4.69, 9.17) is 9.47 Å². The second-order valence-corrected chi connectivity index (χ2v) is 6.01. The van der Waals surface area contributed by atoms with Crippen molar-refractivity contribution in [2.75, 3.05) is 37.5 Å². The Morgan fingerprint density at radius 2 is 1.52 bits per heavy atom. The molecule has 2 aromatic rings. The Morgan fingerprint density at radius 3 is 2.00 bits per heavy atom. The van der Waals surface area contributed by atoms with Gasteiger partial charge in [0.1, 0.15) is 11.5 Å². The molecule has 0 heterocycles. The van der Waals surface area contributed by atoms with Crippen molar-refractivity contribution >= 4 is 17.3 Å². The number of aryl methyl sites for hydroxylation is 2. The molecule has 134 valence electrons. The van der Waals surface area contributed by atoms with Gasteiger partial charge in [0.05, 0.1) is 20.8 Å². The van der Waals surface area contributed by atoms with Crippen LogP contribution >= 0.6 is 0 Å². The normalized spacial score (nSPS) is 10.3. The molecule has 25 heavy (non-hydrogen) atoms. The monoisotopic (exact) mass is 342 g/mol. The van der Waals surface area contributed by atoms with Crippen LogP contribution < -0.4 is 19.7 Å². The highest BCUT2D eigenvalue weighted by molar-refractivity contribution is 5.94. The second-order valence-electron chi connectivity index (χ2n) is 6.01. The molecule has 1 amide bonds. The van der Waals surface area contributed by atoms with Gasteiger partial charge in [-0.3, -0.25) is 4.79 Å². The summed E-state index contributed by atoms with van der Waals surface area (Å²) >= 11 is 0. The van der Waals surface area contributed by atoms with Crippen LogP contribution in [-0.4, -0.2) is 33.2 Å². The molecule has 0 aliphatic rings. The molecule has 0 aliphatic heterocycles. The first-order valence-electron chi connectivity index (χ1n) is 8.31. The molecule has 0 saturated carbocycles. The zero-order valence-electron chi connectivity index (χ0n) is 15.6. The summed E-state index contributed by atoms with van der Waals surface area (Å²) < 4.78 is 10.5. The van der Waals surface area contributed by atoms with E-state index in [1.165, 1.54) is 11.1 Å². The zero-order valence-corrected chi connectivity index (χ0v) is 15.6. The van der Waals surface area contributed by atoms with E-state index in [1.807, 2.05) is 11.8 Å². The first kappa shape index (κ1) is 18.6. The van der Waals surface area contributed by atoms with Crippen LogP contribution in [0.5, 0.6) is 11.5 Å². The molecule has 0 unspecified atom stereocenters. The molecule has 1 N–H and O–H groups in total. The van der Waals surface area contributed by atoms with E-state index < -0.39 is 0 Å². The average Bonchev–Trinajstić information content (AvgIpc) is 2.58. The molecule has 0 radical (unpaired) electrons. The maximum Gasteiger partial charge on any atom is 0.243 e. The topological polar surface area (TPSA) is 50.8 Å². The Balaban J connectivity index is 2.12. The molecule has 0 saturated heterocycles. The number of methoxy groups -OCH3 is 2. The maximum atomic E-state index is 12.5. The molecule has 2 rings (SSSR count). The van der Waals surface area contributed by atoms with Crippen molar-refractivity contribution in [3.05, 3.63) is 47.5 Å². The van der Waals surface area contributed by atoms with Crippen LogP contribution in [0.2, 0.25) is 0 Å². The van der Waals surface area contributed by atoms with Gasteiger partial charge in [0.2, 0.25) is 5.91 Å². The minimum absolute atomic E-state index is 0.0867. The minimum Gasteiger partial charge on any atom is -0.497 e. The van der Waals surface area contributed by atoms with Gasteiger partial charge >= 0.3 is 0 Å². The van der Waals surface area contributed by atoms with Gasteiger partial charge in [-0.05, 0) is 44.0 Å².